The third-order valence-electron chi connectivity index (χ3n) is 3.61. The predicted octanol–water partition coefficient (Wildman–Crippen LogP) is 1.38. The lowest BCUT2D eigenvalue weighted by molar-refractivity contribution is -0.123. The highest BCUT2D eigenvalue weighted by molar-refractivity contribution is 5.86. The van der Waals surface area contributed by atoms with Crippen molar-refractivity contribution in [1.82, 2.24) is 10.6 Å². The van der Waals surface area contributed by atoms with Gasteiger partial charge in [0.1, 0.15) is 11.6 Å². The number of hydrogen-bond donors (Lipinski definition) is 3. The summed E-state index contributed by atoms with van der Waals surface area (Å²) in [6.45, 7) is 8.76. The molecule has 0 heterocycles. The molecule has 1 aromatic rings. The van der Waals surface area contributed by atoms with Crippen molar-refractivity contribution in [3.05, 3.63) is 35.9 Å². The second-order valence-electron chi connectivity index (χ2n) is 7.41. The van der Waals surface area contributed by atoms with Crippen molar-refractivity contribution in [1.29, 1.82) is 0 Å². The van der Waals surface area contributed by atoms with Crippen LogP contribution in [0.3, 0.4) is 0 Å². The van der Waals surface area contributed by atoms with Crippen LogP contribution in [0, 0.1) is 0 Å². The van der Waals surface area contributed by atoms with Crippen LogP contribution in [0.4, 0.5) is 4.79 Å². The summed E-state index contributed by atoms with van der Waals surface area (Å²) in [5.74, 6) is -0.344. The molecule has 9 heteroatoms. The Morgan fingerprint density at radius 1 is 0.933 bits per heavy atom. The molecule has 9 nitrogen and oxygen atoms in total. The zero-order valence-corrected chi connectivity index (χ0v) is 18.1. The molecule has 1 unspecified atom stereocenters. The number of carbonyl (C=O) groups excluding carboxylic acids is 2. The monoisotopic (exact) mass is 425 g/mol. The maximum Gasteiger partial charge on any atom is 0.408 e. The first-order valence-electron chi connectivity index (χ1n) is 10.1. The molecule has 0 fully saturated rings. The molecule has 4 N–H and O–H groups in total. The Kier molecular flexibility index (Phi) is 12.7. The van der Waals surface area contributed by atoms with Crippen molar-refractivity contribution in [2.24, 2.45) is 5.73 Å². The van der Waals surface area contributed by atoms with Crippen molar-refractivity contribution >= 4 is 12.0 Å². The summed E-state index contributed by atoms with van der Waals surface area (Å²) in [5.41, 5.74) is 5.32. The second-order valence-corrected chi connectivity index (χ2v) is 7.41. The first kappa shape index (κ1) is 25.8. The lowest BCUT2D eigenvalue weighted by Crippen LogP contribution is -2.43. The van der Waals surface area contributed by atoms with E-state index in [1.165, 1.54) is 0 Å². The van der Waals surface area contributed by atoms with Crippen LogP contribution in [0.15, 0.2) is 30.3 Å². The van der Waals surface area contributed by atoms with E-state index in [1.54, 1.807) is 45.0 Å². The topological polar surface area (TPSA) is 121 Å². The van der Waals surface area contributed by atoms with E-state index in [0.29, 0.717) is 58.3 Å². The standard InChI is InChI=1S/C21H35N3O6/c1-21(2,3)30-20(26)24-18(17-7-5-4-6-8-17)19(25)23-10-12-28-14-16-29-15-13-27-11-9-22/h4-8,18H,9-16,22H2,1-3H3,(H,23,25)(H,24,26). The first-order valence-corrected chi connectivity index (χ1v) is 10.1. The van der Waals surface area contributed by atoms with Crippen molar-refractivity contribution in [3.63, 3.8) is 0 Å². The molecule has 1 atom stereocenters. The van der Waals surface area contributed by atoms with Gasteiger partial charge >= 0.3 is 6.09 Å². The van der Waals surface area contributed by atoms with Crippen molar-refractivity contribution in [3.8, 4) is 0 Å². The van der Waals surface area contributed by atoms with E-state index in [1.807, 2.05) is 6.07 Å². The van der Waals surface area contributed by atoms with Gasteiger partial charge in [0.05, 0.1) is 39.6 Å². The number of nitrogens with two attached hydrogens (primary N) is 1. The van der Waals surface area contributed by atoms with Gasteiger partial charge in [-0.2, -0.15) is 0 Å². The molecule has 0 aliphatic heterocycles. The van der Waals surface area contributed by atoms with Gasteiger partial charge < -0.3 is 35.3 Å². The second kappa shape index (κ2) is 14.7. The maximum absolute atomic E-state index is 12.6. The summed E-state index contributed by atoms with van der Waals surface area (Å²) in [7, 11) is 0. The third kappa shape index (κ3) is 12.4. The molecule has 2 amide bonds. The third-order valence-corrected chi connectivity index (χ3v) is 3.61. The summed E-state index contributed by atoms with van der Waals surface area (Å²) >= 11 is 0. The largest absolute Gasteiger partial charge is 0.444 e. The minimum absolute atomic E-state index is 0.303. The lowest BCUT2D eigenvalue weighted by atomic mass is 10.1. The number of rotatable bonds is 14. The van der Waals surface area contributed by atoms with Gasteiger partial charge in [0.25, 0.3) is 0 Å². The SMILES string of the molecule is CC(C)(C)OC(=O)NC(C(=O)NCCOCCOCCOCCN)c1ccccc1. The summed E-state index contributed by atoms with van der Waals surface area (Å²) in [4.78, 5) is 24.8. The molecule has 0 saturated carbocycles. The number of hydrogen-bond acceptors (Lipinski definition) is 7. The average Bonchev–Trinajstić information content (AvgIpc) is 2.69. The van der Waals surface area contributed by atoms with E-state index >= 15 is 0 Å². The molecule has 30 heavy (non-hydrogen) atoms. The predicted molar refractivity (Wildman–Crippen MR) is 113 cm³/mol. The fourth-order valence-electron chi connectivity index (χ4n) is 2.34. The summed E-state index contributed by atoms with van der Waals surface area (Å²) in [6.07, 6.45) is -0.657. The number of carbonyl (C=O) groups is 2. The molecule has 0 saturated heterocycles. The highest BCUT2D eigenvalue weighted by Crippen LogP contribution is 2.14. The van der Waals surface area contributed by atoms with Crippen LogP contribution in [0.5, 0.6) is 0 Å². The molecule has 170 valence electrons. The van der Waals surface area contributed by atoms with Crippen LogP contribution in [0.1, 0.15) is 32.4 Å². The minimum Gasteiger partial charge on any atom is -0.444 e. The Morgan fingerprint density at radius 3 is 2.07 bits per heavy atom. The zero-order chi connectivity index (χ0) is 22.2. The summed E-state index contributed by atoms with van der Waals surface area (Å²) in [5, 5.41) is 5.39. The van der Waals surface area contributed by atoms with Gasteiger partial charge in [0, 0.05) is 13.1 Å². The maximum atomic E-state index is 12.6. The van der Waals surface area contributed by atoms with Crippen molar-refractivity contribution in [2.75, 3.05) is 52.7 Å². The Balaban J connectivity index is 2.34. The zero-order valence-electron chi connectivity index (χ0n) is 18.1. The Labute approximate surface area is 178 Å². The number of ether oxygens (including phenoxy) is 4. The van der Waals surface area contributed by atoms with Crippen LogP contribution in [-0.4, -0.2) is 70.3 Å². The number of benzene rings is 1. The van der Waals surface area contributed by atoms with E-state index in [9.17, 15) is 9.59 Å². The minimum atomic E-state index is -0.863. The molecule has 1 rings (SSSR count). The van der Waals surface area contributed by atoms with Gasteiger partial charge in [-0.1, -0.05) is 30.3 Å². The van der Waals surface area contributed by atoms with Gasteiger partial charge in [0.2, 0.25) is 5.91 Å². The summed E-state index contributed by atoms with van der Waals surface area (Å²) < 4.78 is 21.2. The lowest BCUT2D eigenvalue weighted by Gasteiger charge is -2.23. The summed E-state index contributed by atoms with van der Waals surface area (Å²) in [6, 6.07) is 8.12. The van der Waals surface area contributed by atoms with Crippen molar-refractivity contribution in [2.45, 2.75) is 32.4 Å². The molecular formula is C21H35N3O6. The first-order chi connectivity index (χ1) is 14.3. The molecule has 0 radical (unpaired) electrons. The van der Waals surface area contributed by atoms with Crippen molar-refractivity contribution < 1.29 is 28.5 Å². The molecule has 0 spiro atoms. The molecule has 1 aromatic carbocycles. The van der Waals surface area contributed by atoms with Gasteiger partial charge in [-0.15, -0.1) is 0 Å². The van der Waals surface area contributed by atoms with E-state index in [0.717, 1.165) is 0 Å². The van der Waals surface area contributed by atoms with Crippen LogP contribution in [-0.2, 0) is 23.7 Å². The Bertz CT molecular complexity index is 607. The highest BCUT2D eigenvalue weighted by atomic mass is 16.6. The van der Waals surface area contributed by atoms with Crippen LogP contribution in [0.2, 0.25) is 0 Å². The van der Waals surface area contributed by atoms with Gasteiger partial charge in [-0.25, -0.2) is 4.79 Å². The van der Waals surface area contributed by atoms with E-state index in [2.05, 4.69) is 10.6 Å². The number of nitrogens with one attached hydrogen (secondary N) is 2. The van der Waals surface area contributed by atoms with E-state index in [4.69, 9.17) is 24.7 Å². The molecule has 0 aliphatic carbocycles. The Hall–Kier alpha value is -2.20. The van der Waals surface area contributed by atoms with E-state index < -0.39 is 17.7 Å². The van der Waals surface area contributed by atoms with Crippen LogP contribution >= 0.6 is 0 Å². The van der Waals surface area contributed by atoms with Crippen LogP contribution < -0.4 is 16.4 Å². The number of amides is 2. The fourth-order valence-corrected chi connectivity index (χ4v) is 2.34. The normalized spacial score (nSPS) is 12.3. The molecule has 0 aromatic heterocycles. The highest BCUT2D eigenvalue weighted by Gasteiger charge is 2.25. The number of alkyl carbamates (subject to hydrolysis) is 1. The Morgan fingerprint density at radius 2 is 1.50 bits per heavy atom. The molecular weight excluding hydrogens is 390 g/mol. The van der Waals surface area contributed by atoms with Gasteiger partial charge in [0.15, 0.2) is 0 Å². The molecule has 0 aliphatic rings. The van der Waals surface area contributed by atoms with Gasteiger partial charge in [-0.05, 0) is 26.3 Å². The smallest absolute Gasteiger partial charge is 0.408 e. The van der Waals surface area contributed by atoms with Crippen LogP contribution in [0.25, 0.3) is 0 Å². The van der Waals surface area contributed by atoms with E-state index in [-0.39, 0.29) is 5.91 Å². The quantitative estimate of drug-likeness (QED) is 0.385. The van der Waals surface area contributed by atoms with Gasteiger partial charge in [-0.3, -0.25) is 4.79 Å². The molecule has 0 bridgehead atoms. The fraction of sp³-hybridized carbons (Fsp3) is 0.619. The average molecular weight is 426 g/mol.